The first-order valence-corrected chi connectivity index (χ1v) is 10.1. The van der Waals surface area contributed by atoms with Crippen LogP contribution in [0.2, 0.25) is 0 Å². The van der Waals surface area contributed by atoms with Crippen molar-refractivity contribution >= 4 is 17.9 Å². The first kappa shape index (κ1) is 21.8. The van der Waals surface area contributed by atoms with Gasteiger partial charge in [-0.3, -0.25) is 9.59 Å². The minimum atomic E-state index is -0.0408. The fourth-order valence-corrected chi connectivity index (χ4v) is 3.01. The number of piperazine rings is 1. The van der Waals surface area contributed by atoms with Gasteiger partial charge in [-0.15, -0.1) is 0 Å². The highest BCUT2D eigenvalue weighted by Crippen LogP contribution is 2.29. The molecule has 1 fully saturated rings. The van der Waals surface area contributed by atoms with Gasteiger partial charge in [-0.05, 0) is 37.1 Å². The summed E-state index contributed by atoms with van der Waals surface area (Å²) in [6, 6.07) is 5.68. The molecule has 154 valence electrons. The lowest BCUT2D eigenvalue weighted by atomic mass is 10.1. The lowest BCUT2D eigenvalue weighted by Gasteiger charge is -2.35. The van der Waals surface area contributed by atoms with Crippen LogP contribution in [0.5, 0.6) is 11.5 Å². The van der Waals surface area contributed by atoms with E-state index in [2.05, 4.69) is 6.92 Å². The molecule has 6 nitrogen and oxygen atoms in total. The van der Waals surface area contributed by atoms with Crippen LogP contribution < -0.4 is 9.47 Å². The van der Waals surface area contributed by atoms with Crippen LogP contribution in [0.3, 0.4) is 0 Å². The van der Waals surface area contributed by atoms with E-state index < -0.39 is 0 Å². The van der Waals surface area contributed by atoms with E-state index in [0.717, 1.165) is 17.7 Å². The van der Waals surface area contributed by atoms with E-state index in [1.807, 2.05) is 43.9 Å². The first-order valence-electron chi connectivity index (χ1n) is 10.1. The maximum absolute atomic E-state index is 12.5. The largest absolute Gasteiger partial charge is 0.490 e. The Morgan fingerprint density at radius 2 is 1.71 bits per heavy atom. The average molecular weight is 389 g/mol. The van der Waals surface area contributed by atoms with Crippen molar-refractivity contribution in [1.29, 1.82) is 0 Å². The summed E-state index contributed by atoms with van der Waals surface area (Å²) in [5.41, 5.74) is 0.884. The van der Waals surface area contributed by atoms with Crippen LogP contribution in [0.4, 0.5) is 0 Å². The van der Waals surface area contributed by atoms with Crippen LogP contribution in [0.25, 0.3) is 6.08 Å². The lowest BCUT2D eigenvalue weighted by Crippen LogP contribution is -2.51. The Kier molecular flexibility index (Phi) is 8.36. The standard InChI is InChI=1S/C22H32N2O4/c1-5-15-28-19-9-7-18(16-20(19)27-6-2)8-10-21(25)23-11-13-24(14-12-23)22(26)17(3)4/h7-10,16-17H,5-6,11-15H2,1-4H3/b10-8+. The minimum Gasteiger partial charge on any atom is -0.490 e. The highest BCUT2D eigenvalue weighted by atomic mass is 16.5. The van der Waals surface area contributed by atoms with E-state index in [9.17, 15) is 9.59 Å². The fraction of sp³-hybridized carbons (Fsp3) is 0.545. The highest BCUT2D eigenvalue weighted by Gasteiger charge is 2.24. The minimum absolute atomic E-state index is 0.00837. The van der Waals surface area contributed by atoms with Crippen molar-refractivity contribution in [3.63, 3.8) is 0 Å². The number of hydrogen-bond donors (Lipinski definition) is 0. The summed E-state index contributed by atoms with van der Waals surface area (Å²) in [5.74, 6) is 1.51. The van der Waals surface area contributed by atoms with Crippen LogP contribution in [0, 0.1) is 5.92 Å². The summed E-state index contributed by atoms with van der Waals surface area (Å²) in [4.78, 5) is 28.1. The van der Waals surface area contributed by atoms with Gasteiger partial charge in [0, 0.05) is 38.2 Å². The quantitative estimate of drug-likeness (QED) is 0.642. The number of benzene rings is 1. The highest BCUT2D eigenvalue weighted by molar-refractivity contribution is 5.92. The number of hydrogen-bond acceptors (Lipinski definition) is 4. The van der Waals surface area contributed by atoms with Gasteiger partial charge in [0.1, 0.15) is 0 Å². The van der Waals surface area contributed by atoms with Crippen LogP contribution in [0.1, 0.15) is 39.7 Å². The number of carbonyl (C=O) groups is 2. The topological polar surface area (TPSA) is 59.1 Å². The molecule has 1 aromatic carbocycles. The third kappa shape index (κ3) is 6.01. The molecule has 1 heterocycles. The molecule has 0 bridgehead atoms. The van der Waals surface area contributed by atoms with Crippen molar-refractivity contribution in [2.75, 3.05) is 39.4 Å². The zero-order valence-electron chi connectivity index (χ0n) is 17.4. The second-order valence-electron chi connectivity index (χ2n) is 7.13. The van der Waals surface area contributed by atoms with Gasteiger partial charge in [-0.2, -0.15) is 0 Å². The number of nitrogens with zero attached hydrogens (tertiary/aromatic N) is 2. The SMILES string of the molecule is CCCOc1ccc(/C=C/C(=O)N2CCN(C(=O)C(C)C)CC2)cc1OCC. The average Bonchev–Trinajstić information content (AvgIpc) is 2.71. The maximum atomic E-state index is 12.5. The van der Waals surface area contributed by atoms with Gasteiger partial charge in [-0.1, -0.05) is 26.8 Å². The molecule has 0 radical (unpaired) electrons. The smallest absolute Gasteiger partial charge is 0.246 e. The summed E-state index contributed by atoms with van der Waals surface area (Å²) in [6.07, 6.45) is 4.30. The Balaban J connectivity index is 1.96. The third-order valence-corrected chi connectivity index (χ3v) is 4.54. The van der Waals surface area contributed by atoms with Gasteiger partial charge in [-0.25, -0.2) is 0 Å². The predicted octanol–water partition coefficient (Wildman–Crippen LogP) is 3.21. The normalized spacial score (nSPS) is 14.6. The zero-order valence-corrected chi connectivity index (χ0v) is 17.4. The van der Waals surface area contributed by atoms with Crippen LogP contribution in [0.15, 0.2) is 24.3 Å². The molecule has 0 aliphatic carbocycles. The van der Waals surface area contributed by atoms with Gasteiger partial charge in [0.25, 0.3) is 0 Å². The van der Waals surface area contributed by atoms with Crippen molar-refractivity contribution in [2.24, 2.45) is 5.92 Å². The van der Waals surface area contributed by atoms with Crippen LogP contribution >= 0.6 is 0 Å². The third-order valence-electron chi connectivity index (χ3n) is 4.54. The molecule has 0 aromatic heterocycles. The molecule has 2 amide bonds. The second kappa shape index (κ2) is 10.7. The maximum Gasteiger partial charge on any atom is 0.246 e. The molecule has 28 heavy (non-hydrogen) atoms. The Morgan fingerprint density at radius 1 is 1.04 bits per heavy atom. The van der Waals surface area contributed by atoms with Crippen molar-refractivity contribution in [2.45, 2.75) is 34.1 Å². The second-order valence-corrected chi connectivity index (χ2v) is 7.13. The van der Waals surface area contributed by atoms with Crippen molar-refractivity contribution < 1.29 is 19.1 Å². The summed E-state index contributed by atoms with van der Waals surface area (Å²) in [6.45, 7) is 11.3. The Hall–Kier alpha value is -2.50. The van der Waals surface area contributed by atoms with Crippen molar-refractivity contribution in [3.05, 3.63) is 29.8 Å². The summed E-state index contributed by atoms with van der Waals surface area (Å²) in [5, 5.41) is 0. The number of rotatable bonds is 8. The van der Waals surface area contributed by atoms with E-state index in [1.165, 1.54) is 0 Å². The van der Waals surface area contributed by atoms with Gasteiger partial charge >= 0.3 is 0 Å². The molecule has 1 aliphatic rings. The molecule has 6 heteroatoms. The Labute approximate surface area is 168 Å². The molecule has 0 atom stereocenters. The summed E-state index contributed by atoms with van der Waals surface area (Å²) in [7, 11) is 0. The summed E-state index contributed by atoms with van der Waals surface area (Å²) >= 11 is 0. The monoisotopic (exact) mass is 388 g/mol. The predicted molar refractivity (Wildman–Crippen MR) is 110 cm³/mol. The molecular weight excluding hydrogens is 356 g/mol. The molecule has 0 N–H and O–H groups in total. The van der Waals surface area contributed by atoms with Crippen molar-refractivity contribution in [1.82, 2.24) is 9.80 Å². The van der Waals surface area contributed by atoms with Gasteiger partial charge < -0.3 is 19.3 Å². The van der Waals surface area contributed by atoms with Crippen LogP contribution in [-0.2, 0) is 9.59 Å². The number of amides is 2. The molecule has 0 spiro atoms. The van der Waals surface area contributed by atoms with Crippen LogP contribution in [-0.4, -0.2) is 61.0 Å². The molecule has 0 saturated carbocycles. The molecule has 2 rings (SSSR count). The van der Waals surface area contributed by atoms with E-state index in [0.29, 0.717) is 45.1 Å². The van der Waals surface area contributed by atoms with Crippen molar-refractivity contribution in [3.8, 4) is 11.5 Å². The molecule has 1 aromatic rings. The summed E-state index contributed by atoms with van der Waals surface area (Å²) < 4.78 is 11.4. The lowest BCUT2D eigenvalue weighted by molar-refractivity contribution is -0.139. The van der Waals surface area contributed by atoms with E-state index in [4.69, 9.17) is 9.47 Å². The van der Waals surface area contributed by atoms with Gasteiger partial charge in [0.05, 0.1) is 13.2 Å². The zero-order chi connectivity index (χ0) is 20.5. The number of carbonyl (C=O) groups excluding carboxylic acids is 2. The van der Waals surface area contributed by atoms with Gasteiger partial charge in [0.15, 0.2) is 11.5 Å². The molecule has 1 aliphatic heterocycles. The van der Waals surface area contributed by atoms with E-state index >= 15 is 0 Å². The Bertz CT molecular complexity index is 692. The fourth-order valence-electron chi connectivity index (χ4n) is 3.01. The van der Waals surface area contributed by atoms with E-state index in [1.54, 1.807) is 17.1 Å². The first-order chi connectivity index (χ1) is 13.5. The number of ether oxygens (including phenoxy) is 2. The van der Waals surface area contributed by atoms with Gasteiger partial charge in [0.2, 0.25) is 11.8 Å². The molecular formula is C22H32N2O4. The van der Waals surface area contributed by atoms with E-state index in [-0.39, 0.29) is 17.7 Å². The Morgan fingerprint density at radius 3 is 2.32 bits per heavy atom. The molecule has 0 unspecified atom stereocenters. The molecule has 1 saturated heterocycles.